The highest BCUT2D eigenvalue weighted by Crippen LogP contribution is 2.25. The largest absolute Gasteiger partial charge is 0.297 e. The summed E-state index contributed by atoms with van der Waals surface area (Å²) in [6, 6.07) is 10.2. The highest BCUT2D eigenvalue weighted by molar-refractivity contribution is 7.86. The summed E-state index contributed by atoms with van der Waals surface area (Å²) in [7, 11) is 1.86. The first-order valence-electron chi connectivity index (χ1n) is 6.35. The summed E-state index contributed by atoms with van der Waals surface area (Å²) < 4.78 is 27.2. The zero-order chi connectivity index (χ0) is 14.0. The van der Waals surface area contributed by atoms with Crippen LogP contribution < -0.4 is 0 Å². The van der Waals surface area contributed by atoms with E-state index in [-0.39, 0.29) is 6.04 Å². The molecule has 0 amide bonds. The number of hydrogen-bond acceptors (Lipinski definition) is 3. The van der Waals surface area contributed by atoms with E-state index in [0.29, 0.717) is 13.1 Å². The van der Waals surface area contributed by atoms with Crippen LogP contribution in [0, 0.1) is 0 Å². The van der Waals surface area contributed by atoms with Gasteiger partial charge in [0.15, 0.2) is 0 Å². The van der Waals surface area contributed by atoms with E-state index in [1.807, 2.05) is 37.4 Å². The number of rotatable bonds is 3. The Morgan fingerprint density at radius 1 is 1.16 bits per heavy atom. The second-order valence-electron chi connectivity index (χ2n) is 5.06. The smallest absolute Gasteiger partial charge is 0.281 e. The molecule has 0 N–H and O–H groups in total. The second-order valence-corrected chi connectivity index (χ2v) is 7.20. The number of benzene rings is 1. The molecule has 0 saturated carbocycles. The van der Waals surface area contributed by atoms with Gasteiger partial charge in [-0.3, -0.25) is 4.90 Å². The van der Waals surface area contributed by atoms with Gasteiger partial charge in [-0.25, -0.2) is 0 Å². The van der Waals surface area contributed by atoms with Crippen LogP contribution in [-0.2, 0) is 10.2 Å². The predicted molar refractivity (Wildman–Crippen MR) is 76.0 cm³/mol. The summed E-state index contributed by atoms with van der Waals surface area (Å²) in [5.74, 6) is 0. The lowest BCUT2D eigenvalue weighted by Crippen LogP contribution is -2.51. The quantitative estimate of drug-likeness (QED) is 0.823. The third kappa shape index (κ3) is 2.97. The van der Waals surface area contributed by atoms with E-state index in [9.17, 15) is 8.42 Å². The Morgan fingerprint density at radius 3 is 2.37 bits per heavy atom. The Hall–Kier alpha value is -0.950. The first-order chi connectivity index (χ1) is 8.93. The number of piperazine rings is 1. The van der Waals surface area contributed by atoms with Gasteiger partial charge in [0, 0.05) is 39.8 Å². The molecule has 0 radical (unpaired) electrons. The fraction of sp³-hybridized carbons (Fsp3) is 0.538. The molecule has 1 heterocycles. The maximum absolute atomic E-state index is 12.2. The molecule has 2 rings (SSSR count). The zero-order valence-corrected chi connectivity index (χ0v) is 12.5. The Labute approximate surface area is 115 Å². The van der Waals surface area contributed by atoms with Gasteiger partial charge in [0.1, 0.15) is 0 Å². The van der Waals surface area contributed by atoms with E-state index in [1.54, 1.807) is 18.4 Å². The summed E-state index contributed by atoms with van der Waals surface area (Å²) in [5, 5.41) is 0. The van der Waals surface area contributed by atoms with Gasteiger partial charge in [0.05, 0.1) is 0 Å². The molecule has 1 fully saturated rings. The lowest BCUT2D eigenvalue weighted by molar-refractivity contribution is 0.144. The van der Waals surface area contributed by atoms with E-state index in [2.05, 4.69) is 4.90 Å². The summed E-state index contributed by atoms with van der Waals surface area (Å²) in [5.41, 5.74) is 1.16. The van der Waals surface area contributed by atoms with Crippen LogP contribution in [0.3, 0.4) is 0 Å². The Bertz CT molecular complexity index is 516. The molecule has 1 aromatic carbocycles. The second kappa shape index (κ2) is 5.58. The highest BCUT2D eigenvalue weighted by Gasteiger charge is 2.33. The van der Waals surface area contributed by atoms with Crippen molar-refractivity contribution in [1.82, 2.24) is 13.5 Å². The van der Waals surface area contributed by atoms with E-state index in [4.69, 9.17) is 0 Å². The average molecular weight is 283 g/mol. The lowest BCUT2D eigenvalue weighted by atomic mass is 10.0. The van der Waals surface area contributed by atoms with E-state index in [0.717, 1.165) is 12.1 Å². The molecule has 6 heteroatoms. The van der Waals surface area contributed by atoms with Crippen molar-refractivity contribution in [2.45, 2.75) is 6.04 Å². The van der Waals surface area contributed by atoms with Gasteiger partial charge in [-0.15, -0.1) is 0 Å². The zero-order valence-electron chi connectivity index (χ0n) is 11.7. The van der Waals surface area contributed by atoms with Crippen molar-refractivity contribution in [3.63, 3.8) is 0 Å². The SMILES string of the molecule is CN1CCN(S(=O)(=O)N(C)C)C[C@@H]1c1ccccc1. The Kier molecular flexibility index (Phi) is 4.25. The Balaban J connectivity index is 2.22. The van der Waals surface area contributed by atoms with Crippen LogP contribution in [0.5, 0.6) is 0 Å². The maximum atomic E-state index is 12.2. The molecule has 0 aromatic heterocycles. The fourth-order valence-electron chi connectivity index (χ4n) is 2.32. The van der Waals surface area contributed by atoms with Crippen LogP contribution >= 0.6 is 0 Å². The molecule has 1 atom stereocenters. The van der Waals surface area contributed by atoms with Crippen molar-refractivity contribution >= 4 is 10.2 Å². The molecule has 1 aliphatic heterocycles. The molecule has 0 bridgehead atoms. The summed E-state index contributed by atoms with van der Waals surface area (Å²) >= 11 is 0. The van der Waals surface area contributed by atoms with E-state index in [1.165, 1.54) is 4.31 Å². The number of nitrogens with zero attached hydrogens (tertiary/aromatic N) is 3. The Morgan fingerprint density at radius 2 is 1.79 bits per heavy atom. The maximum Gasteiger partial charge on any atom is 0.281 e. The first-order valence-corrected chi connectivity index (χ1v) is 7.75. The molecule has 0 unspecified atom stereocenters. The van der Waals surface area contributed by atoms with E-state index < -0.39 is 10.2 Å². The highest BCUT2D eigenvalue weighted by atomic mass is 32.2. The molecule has 1 aromatic rings. The average Bonchev–Trinajstić information content (AvgIpc) is 2.39. The van der Waals surface area contributed by atoms with Crippen molar-refractivity contribution in [3.05, 3.63) is 35.9 Å². The summed E-state index contributed by atoms with van der Waals surface area (Å²) in [4.78, 5) is 2.21. The molecule has 106 valence electrons. The van der Waals surface area contributed by atoms with Gasteiger partial charge in [-0.2, -0.15) is 17.0 Å². The van der Waals surface area contributed by atoms with Crippen LogP contribution in [0.4, 0.5) is 0 Å². The van der Waals surface area contributed by atoms with Gasteiger partial charge >= 0.3 is 0 Å². The third-order valence-corrected chi connectivity index (χ3v) is 5.49. The molecular formula is C13H21N3O2S. The van der Waals surface area contributed by atoms with Crippen LogP contribution in [0.1, 0.15) is 11.6 Å². The molecular weight excluding hydrogens is 262 g/mol. The molecule has 1 saturated heterocycles. The van der Waals surface area contributed by atoms with Gasteiger partial charge in [0.2, 0.25) is 0 Å². The normalized spacial score (nSPS) is 22.8. The van der Waals surface area contributed by atoms with Crippen LogP contribution in [0.2, 0.25) is 0 Å². The number of hydrogen-bond donors (Lipinski definition) is 0. The standard InChI is InChI=1S/C13H21N3O2S/c1-14(2)19(17,18)16-10-9-15(3)13(11-16)12-7-5-4-6-8-12/h4-8,13H,9-11H2,1-3H3/t13-/m1/s1. The van der Waals surface area contributed by atoms with Crippen molar-refractivity contribution in [3.8, 4) is 0 Å². The molecule has 0 aliphatic carbocycles. The molecule has 0 spiro atoms. The van der Waals surface area contributed by atoms with Crippen LogP contribution in [0.15, 0.2) is 30.3 Å². The van der Waals surface area contributed by atoms with Crippen molar-refractivity contribution in [2.75, 3.05) is 40.8 Å². The van der Waals surface area contributed by atoms with E-state index >= 15 is 0 Å². The minimum atomic E-state index is -3.32. The predicted octanol–water partition coefficient (Wildman–Crippen LogP) is 0.782. The lowest BCUT2D eigenvalue weighted by Gasteiger charge is -2.39. The van der Waals surface area contributed by atoms with Crippen molar-refractivity contribution < 1.29 is 8.42 Å². The topological polar surface area (TPSA) is 43.9 Å². The third-order valence-electron chi connectivity index (χ3n) is 3.58. The number of likely N-dealkylation sites (N-methyl/N-ethyl adjacent to an activating group) is 1. The first kappa shape index (κ1) is 14.5. The molecule has 1 aliphatic rings. The summed E-state index contributed by atoms with van der Waals surface area (Å²) in [6.45, 7) is 1.79. The van der Waals surface area contributed by atoms with Crippen molar-refractivity contribution in [1.29, 1.82) is 0 Å². The minimum absolute atomic E-state index is 0.115. The van der Waals surface area contributed by atoms with Gasteiger partial charge in [-0.05, 0) is 12.6 Å². The molecule has 19 heavy (non-hydrogen) atoms. The van der Waals surface area contributed by atoms with Gasteiger partial charge in [-0.1, -0.05) is 30.3 Å². The minimum Gasteiger partial charge on any atom is -0.297 e. The van der Waals surface area contributed by atoms with Crippen LogP contribution in [0.25, 0.3) is 0 Å². The molecule has 5 nitrogen and oxygen atoms in total. The van der Waals surface area contributed by atoms with Gasteiger partial charge in [0.25, 0.3) is 10.2 Å². The fourth-order valence-corrected chi connectivity index (χ4v) is 3.43. The monoisotopic (exact) mass is 283 g/mol. The van der Waals surface area contributed by atoms with Gasteiger partial charge < -0.3 is 0 Å². The summed E-state index contributed by atoms with van der Waals surface area (Å²) in [6.07, 6.45) is 0. The van der Waals surface area contributed by atoms with Crippen LogP contribution in [-0.4, -0.2) is 62.7 Å². The van der Waals surface area contributed by atoms with Crippen molar-refractivity contribution in [2.24, 2.45) is 0 Å².